The van der Waals surface area contributed by atoms with Crippen LogP contribution in [0.15, 0.2) is 72.1 Å². The highest BCUT2D eigenvalue weighted by Crippen LogP contribution is 2.30. The maximum Gasteiger partial charge on any atom is 0.329 e. The van der Waals surface area contributed by atoms with Crippen LogP contribution in [0, 0.1) is 0 Å². The number of rotatable bonds is 5. The second-order valence-electron chi connectivity index (χ2n) is 6.39. The lowest BCUT2D eigenvalue weighted by Crippen LogP contribution is -2.17. The molecule has 1 heterocycles. The smallest absolute Gasteiger partial charge is 0.329 e. The summed E-state index contributed by atoms with van der Waals surface area (Å²) < 4.78 is 5.30. The van der Waals surface area contributed by atoms with Gasteiger partial charge in [-0.2, -0.15) is 0 Å². The molecule has 4 rings (SSSR count). The van der Waals surface area contributed by atoms with Gasteiger partial charge < -0.3 is 4.74 Å². The van der Waals surface area contributed by atoms with E-state index in [2.05, 4.69) is 65.0 Å². The summed E-state index contributed by atoms with van der Waals surface area (Å²) >= 11 is 1.55. The summed E-state index contributed by atoms with van der Waals surface area (Å²) in [5.41, 5.74) is 9.65. The van der Waals surface area contributed by atoms with Gasteiger partial charge in [-0.05, 0) is 40.5 Å². The molecule has 1 unspecified atom stereocenters. The van der Waals surface area contributed by atoms with Gasteiger partial charge in [0.05, 0.1) is 13.0 Å². The van der Waals surface area contributed by atoms with E-state index in [4.69, 9.17) is 10.5 Å². The van der Waals surface area contributed by atoms with Crippen LogP contribution in [0.3, 0.4) is 0 Å². The molecule has 3 nitrogen and oxygen atoms in total. The molecule has 1 atom stereocenters. The highest BCUT2D eigenvalue weighted by Gasteiger charge is 2.20. The molecular formula is C22H21N2OS+. The Balaban J connectivity index is 1.71. The number of nitrogen functional groups attached to an aromatic ring is 1. The summed E-state index contributed by atoms with van der Waals surface area (Å²) in [6.45, 7) is 0. The van der Waals surface area contributed by atoms with Crippen LogP contribution in [-0.4, -0.2) is 7.11 Å². The van der Waals surface area contributed by atoms with E-state index in [1.165, 1.54) is 21.9 Å². The lowest BCUT2D eigenvalue weighted by molar-refractivity contribution is -0.368. The quantitative estimate of drug-likeness (QED) is 0.561. The molecule has 0 radical (unpaired) electrons. The maximum atomic E-state index is 5.95. The molecule has 4 heteroatoms. The largest absolute Gasteiger partial charge is 0.497 e. The van der Waals surface area contributed by atoms with Crippen molar-refractivity contribution in [1.82, 2.24) is 0 Å². The molecule has 3 N–H and O–H groups in total. The van der Waals surface area contributed by atoms with Crippen molar-refractivity contribution < 1.29 is 9.72 Å². The number of thiazole rings is 1. The van der Waals surface area contributed by atoms with Crippen LogP contribution in [0.4, 0.5) is 5.13 Å². The monoisotopic (exact) mass is 361 g/mol. The van der Waals surface area contributed by atoms with Crippen molar-refractivity contribution in [3.63, 3.8) is 0 Å². The Kier molecular flexibility index (Phi) is 4.59. The number of benzene rings is 3. The third-order valence-corrected chi connectivity index (χ3v) is 5.46. The van der Waals surface area contributed by atoms with Gasteiger partial charge in [0.2, 0.25) is 0 Å². The molecule has 0 amide bonds. The number of methoxy groups -OCH3 is 1. The minimum atomic E-state index is 0.218. The van der Waals surface area contributed by atoms with E-state index in [1.807, 2.05) is 12.1 Å². The number of hydrogen-bond acceptors (Lipinski definition) is 3. The molecule has 130 valence electrons. The van der Waals surface area contributed by atoms with E-state index >= 15 is 0 Å². The van der Waals surface area contributed by atoms with Crippen molar-refractivity contribution in [1.29, 1.82) is 0 Å². The predicted molar refractivity (Wildman–Crippen MR) is 108 cm³/mol. The molecule has 26 heavy (non-hydrogen) atoms. The zero-order valence-electron chi connectivity index (χ0n) is 14.6. The fourth-order valence-electron chi connectivity index (χ4n) is 3.34. The van der Waals surface area contributed by atoms with Gasteiger partial charge in [0.1, 0.15) is 11.4 Å². The number of hydrogen-bond donors (Lipinski definition) is 1. The first-order valence-electron chi connectivity index (χ1n) is 8.61. The molecule has 0 spiro atoms. The lowest BCUT2D eigenvalue weighted by Gasteiger charge is -2.15. The van der Waals surface area contributed by atoms with E-state index in [9.17, 15) is 0 Å². The van der Waals surface area contributed by atoms with E-state index in [-0.39, 0.29) is 5.92 Å². The molecule has 0 bridgehead atoms. The van der Waals surface area contributed by atoms with Gasteiger partial charge in [0.15, 0.2) is 0 Å². The number of ether oxygens (including phenoxy) is 1. The molecule has 3 aromatic carbocycles. The zero-order valence-corrected chi connectivity index (χ0v) is 15.4. The topological polar surface area (TPSA) is 49.4 Å². The van der Waals surface area contributed by atoms with Crippen molar-refractivity contribution in [2.75, 3.05) is 12.8 Å². The first-order chi connectivity index (χ1) is 12.7. The van der Waals surface area contributed by atoms with Crippen molar-refractivity contribution >= 4 is 27.2 Å². The van der Waals surface area contributed by atoms with Crippen LogP contribution < -0.4 is 15.5 Å². The highest BCUT2D eigenvalue weighted by molar-refractivity contribution is 7.13. The number of nitrogens with two attached hydrogens (primary N) is 1. The second-order valence-corrected chi connectivity index (χ2v) is 7.30. The molecule has 1 aromatic heterocycles. The Bertz CT molecular complexity index is 1020. The van der Waals surface area contributed by atoms with E-state index < -0.39 is 0 Å². The maximum absolute atomic E-state index is 5.95. The first kappa shape index (κ1) is 16.6. The zero-order chi connectivity index (χ0) is 17.9. The van der Waals surface area contributed by atoms with Gasteiger partial charge in [0.25, 0.3) is 0 Å². The molecule has 0 saturated carbocycles. The third kappa shape index (κ3) is 3.41. The number of aromatic amines is 1. The van der Waals surface area contributed by atoms with Crippen LogP contribution in [0.25, 0.3) is 10.8 Å². The van der Waals surface area contributed by atoms with E-state index in [0.717, 1.165) is 23.0 Å². The Morgan fingerprint density at radius 2 is 1.77 bits per heavy atom. The van der Waals surface area contributed by atoms with Crippen LogP contribution >= 0.6 is 11.3 Å². The van der Waals surface area contributed by atoms with E-state index in [1.54, 1.807) is 18.4 Å². The Morgan fingerprint density at radius 1 is 1.00 bits per heavy atom. The van der Waals surface area contributed by atoms with Gasteiger partial charge in [-0.25, -0.2) is 4.98 Å². The van der Waals surface area contributed by atoms with E-state index in [0.29, 0.717) is 0 Å². The Hall–Kier alpha value is -2.85. The molecular weight excluding hydrogens is 340 g/mol. The summed E-state index contributed by atoms with van der Waals surface area (Å²) in [5.74, 6) is 1.09. The Morgan fingerprint density at radius 3 is 2.46 bits per heavy atom. The molecule has 0 fully saturated rings. The Labute approximate surface area is 157 Å². The summed E-state index contributed by atoms with van der Waals surface area (Å²) in [5, 5.41) is 5.39. The molecule has 0 aliphatic heterocycles. The van der Waals surface area contributed by atoms with Crippen molar-refractivity contribution in [2.24, 2.45) is 0 Å². The van der Waals surface area contributed by atoms with Gasteiger partial charge >= 0.3 is 5.13 Å². The molecule has 4 aromatic rings. The fraction of sp³-hybridized carbons (Fsp3) is 0.136. The van der Waals surface area contributed by atoms with Crippen molar-refractivity contribution in [3.8, 4) is 5.75 Å². The second kappa shape index (κ2) is 7.18. The number of nitrogens with one attached hydrogen (secondary N) is 1. The number of aromatic nitrogens is 1. The summed E-state index contributed by atoms with van der Waals surface area (Å²) in [7, 11) is 1.69. The average Bonchev–Trinajstić information content (AvgIpc) is 3.12. The van der Waals surface area contributed by atoms with Gasteiger partial charge in [0, 0.05) is 5.38 Å². The standard InChI is InChI=1S/C22H20N2OS/c1-25-19-10-8-17(9-11-19)20(21-14-26-22(23)24-21)13-15-6-7-16-4-2-3-5-18(16)12-15/h2-12,14,20H,13H2,1H3,(H2,23,24)/p+1. The van der Waals surface area contributed by atoms with Crippen molar-refractivity contribution in [2.45, 2.75) is 12.3 Å². The molecule has 0 saturated heterocycles. The third-order valence-electron chi connectivity index (χ3n) is 4.73. The predicted octanol–water partition coefficient (Wildman–Crippen LogP) is 4.68. The van der Waals surface area contributed by atoms with Crippen molar-refractivity contribution in [3.05, 3.63) is 88.9 Å². The number of H-pyrrole nitrogens is 1. The fourth-order valence-corrected chi connectivity index (χ4v) is 4.00. The molecule has 0 aliphatic rings. The SMILES string of the molecule is COc1ccc(C(Cc2ccc3ccccc3c2)c2csc(N)[nH+]2)cc1. The van der Waals surface area contributed by atoms with Crippen LogP contribution in [0.2, 0.25) is 0 Å². The first-order valence-corrected chi connectivity index (χ1v) is 9.49. The number of anilines is 1. The van der Waals surface area contributed by atoms with Crippen LogP contribution in [-0.2, 0) is 6.42 Å². The normalized spacial score (nSPS) is 12.2. The van der Waals surface area contributed by atoms with Gasteiger partial charge in [-0.3, -0.25) is 5.73 Å². The lowest BCUT2D eigenvalue weighted by atomic mass is 9.89. The summed E-state index contributed by atoms with van der Waals surface area (Å²) in [6.07, 6.45) is 0.907. The summed E-state index contributed by atoms with van der Waals surface area (Å²) in [6, 6.07) is 23.4. The highest BCUT2D eigenvalue weighted by atomic mass is 32.1. The minimum absolute atomic E-state index is 0.218. The average molecular weight is 361 g/mol. The minimum Gasteiger partial charge on any atom is -0.497 e. The van der Waals surface area contributed by atoms with Crippen LogP contribution in [0.1, 0.15) is 22.7 Å². The number of fused-ring (bicyclic) bond motifs is 1. The summed E-state index contributed by atoms with van der Waals surface area (Å²) in [4.78, 5) is 3.33. The molecule has 0 aliphatic carbocycles. The van der Waals surface area contributed by atoms with Gasteiger partial charge in [-0.15, -0.1) is 0 Å². The van der Waals surface area contributed by atoms with Crippen LogP contribution in [0.5, 0.6) is 5.75 Å². The van der Waals surface area contributed by atoms with Gasteiger partial charge in [-0.1, -0.05) is 65.9 Å².